The molecule has 3 nitrogen and oxygen atoms in total. The number of benzene rings is 1. The quantitative estimate of drug-likeness (QED) is 0.805. The van der Waals surface area contributed by atoms with Gasteiger partial charge in [0, 0.05) is 0 Å². The van der Waals surface area contributed by atoms with Crippen LogP contribution in [0.4, 0.5) is 13.2 Å². The summed E-state index contributed by atoms with van der Waals surface area (Å²) in [6.07, 6.45) is 0. The second-order valence-electron chi connectivity index (χ2n) is 2.64. The van der Waals surface area contributed by atoms with E-state index in [9.17, 15) is 18.0 Å². The maximum absolute atomic E-state index is 13.2. The number of halogens is 4. The Labute approximate surface area is 97.3 Å². The van der Waals surface area contributed by atoms with E-state index in [-0.39, 0.29) is 10.0 Å². The molecule has 0 saturated carbocycles. The first kappa shape index (κ1) is 12.8. The molecule has 1 aromatic carbocycles. The van der Waals surface area contributed by atoms with Gasteiger partial charge in [0.15, 0.2) is 0 Å². The minimum absolute atomic E-state index is 0.209. The third-order valence-electron chi connectivity index (χ3n) is 1.63. The summed E-state index contributed by atoms with van der Waals surface area (Å²) in [6, 6.07) is 1.82. The van der Waals surface area contributed by atoms with Gasteiger partial charge in [0.2, 0.25) is 0 Å². The highest BCUT2D eigenvalue weighted by Crippen LogP contribution is 2.30. The standard InChI is InChI=1S/C9H6BrF3O3/c1-15-8(14)4-2-5(11)7(10)6(3-4)16-9(12)13/h2-3,9H,1H3. The summed E-state index contributed by atoms with van der Waals surface area (Å²) >= 11 is 2.73. The van der Waals surface area contributed by atoms with Crippen LogP contribution < -0.4 is 4.74 Å². The lowest BCUT2D eigenvalue weighted by Gasteiger charge is -2.09. The van der Waals surface area contributed by atoms with E-state index in [1.54, 1.807) is 0 Å². The van der Waals surface area contributed by atoms with Crippen molar-refractivity contribution in [2.75, 3.05) is 7.11 Å². The average molecular weight is 299 g/mol. The molecular formula is C9H6BrF3O3. The summed E-state index contributed by atoms with van der Waals surface area (Å²) in [5, 5.41) is 0. The van der Waals surface area contributed by atoms with Crippen molar-refractivity contribution >= 4 is 21.9 Å². The SMILES string of the molecule is COC(=O)c1cc(F)c(Br)c(OC(F)F)c1. The second kappa shape index (κ2) is 5.20. The van der Waals surface area contributed by atoms with Gasteiger partial charge < -0.3 is 9.47 Å². The van der Waals surface area contributed by atoms with E-state index >= 15 is 0 Å². The van der Waals surface area contributed by atoms with Gasteiger partial charge in [0.1, 0.15) is 11.6 Å². The van der Waals surface area contributed by atoms with Crippen molar-refractivity contribution in [3.05, 3.63) is 28.0 Å². The van der Waals surface area contributed by atoms with E-state index in [0.29, 0.717) is 0 Å². The molecule has 0 amide bonds. The maximum atomic E-state index is 13.2. The maximum Gasteiger partial charge on any atom is 0.387 e. The van der Waals surface area contributed by atoms with Gasteiger partial charge in [-0.3, -0.25) is 0 Å². The zero-order valence-corrected chi connectivity index (χ0v) is 9.55. The molecule has 7 heteroatoms. The van der Waals surface area contributed by atoms with E-state index in [4.69, 9.17) is 0 Å². The molecule has 1 aromatic rings. The number of ether oxygens (including phenoxy) is 2. The Morgan fingerprint density at radius 3 is 2.56 bits per heavy atom. The highest BCUT2D eigenvalue weighted by Gasteiger charge is 2.17. The van der Waals surface area contributed by atoms with Crippen molar-refractivity contribution in [2.45, 2.75) is 6.61 Å². The topological polar surface area (TPSA) is 35.5 Å². The summed E-state index contributed by atoms with van der Waals surface area (Å²) in [7, 11) is 1.09. The fourth-order valence-electron chi connectivity index (χ4n) is 0.981. The first-order valence-corrected chi connectivity index (χ1v) is 4.77. The highest BCUT2D eigenvalue weighted by atomic mass is 79.9. The van der Waals surface area contributed by atoms with Gasteiger partial charge in [-0.15, -0.1) is 0 Å². The molecule has 0 aliphatic rings. The fourth-order valence-corrected chi connectivity index (χ4v) is 1.30. The Bertz CT molecular complexity index is 409. The molecule has 0 N–H and O–H groups in total. The predicted molar refractivity (Wildman–Crippen MR) is 52.1 cm³/mol. The van der Waals surface area contributed by atoms with Crippen LogP contribution in [0.5, 0.6) is 5.75 Å². The summed E-state index contributed by atoms with van der Waals surface area (Å²) in [5.41, 5.74) is -0.209. The third-order valence-corrected chi connectivity index (χ3v) is 2.40. The van der Waals surface area contributed by atoms with Gasteiger partial charge in [0.05, 0.1) is 17.1 Å². The first-order chi connectivity index (χ1) is 7.45. The first-order valence-electron chi connectivity index (χ1n) is 3.98. The number of methoxy groups -OCH3 is 1. The molecule has 0 heterocycles. The summed E-state index contributed by atoms with van der Waals surface area (Å²) < 4.78 is 45.2. The molecule has 88 valence electrons. The molecule has 0 spiro atoms. The van der Waals surface area contributed by atoms with E-state index in [1.807, 2.05) is 0 Å². The molecule has 16 heavy (non-hydrogen) atoms. The second-order valence-corrected chi connectivity index (χ2v) is 3.43. The van der Waals surface area contributed by atoms with E-state index < -0.39 is 24.1 Å². The number of alkyl halides is 2. The third kappa shape index (κ3) is 2.88. The van der Waals surface area contributed by atoms with Crippen LogP contribution in [-0.4, -0.2) is 19.7 Å². The zero-order valence-electron chi connectivity index (χ0n) is 7.97. The van der Waals surface area contributed by atoms with Crippen LogP contribution in [-0.2, 0) is 4.74 Å². The molecule has 0 atom stereocenters. The summed E-state index contributed by atoms with van der Waals surface area (Å²) in [5.74, 6) is -2.19. The lowest BCUT2D eigenvalue weighted by Crippen LogP contribution is -2.07. The van der Waals surface area contributed by atoms with Gasteiger partial charge in [0.25, 0.3) is 0 Å². The molecule has 0 unspecified atom stereocenters. The van der Waals surface area contributed by atoms with Crippen molar-refractivity contribution in [2.24, 2.45) is 0 Å². The Morgan fingerprint density at radius 2 is 2.06 bits per heavy atom. The number of rotatable bonds is 3. The van der Waals surface area contributed by atoms with Crippen molar-refractivity contribution in [1.82, 2.24) is 0 Å². The van der Waals surface area contributed by atoms with Crippen LogP contribution in [0.15, 0.2) is 16.6 Å². The molecule has 0 aliphatic heterocycles. The Hall–Kier alpha value is -1.24. The number of hydrogen-bond acceptors (Lipinski definition) is 3. The Morgan fingerprint density at radius 1 is 1.44 bits per heavy atom. The number of carbonyl (C=O) groups excluding carboxylic acids is 1. The van der Waals surface area contributed by atoms with Gasteiger partial charge in [-0.1, -0.05) is 0 Å². The molecule has 1 rings (SSSR count). The molecule has 0 aliphatic carbocycles. The largest absolute Gasteiger partial charge is 0.465 e. The van der Waals surface area contributed by atoms with Crippen molar-refractivity contribution in [1.29, 1.82) is 0 Å². The lowest BCUT2D eigenvalue weighted by atomic mass is 10.2. The summed E-state index contributed by atoms with van der Waals surface area (Å²) in [4.78, 5) is 11.1. The number of carbonyl (C=O) groups is 1. The van der Waals surface area contributed by atoms with Crippen LogP contribution in [0.25, 0.3) is 0 Å². The normalized spacial score (nSPS) is 10.4. The molecule has 0 aromatic heterocycles. The van der Waals surface area contributed by atoms with E-state index in [0.717, 1.165) is 19.2 Å². The van der Waals surface area contributed by atoms with Gasteiger partial charge in [-0.2, -0.15) is 8.78 Å². The minimum atomic E-state index is -3.11. The molecule has 0 radical (unpaired) electrons. The van der Waals surface area contributed by atoms with E-state index in [2.05, 4.69) is 25.4 Å². The number of hydrogen-bond donors (Lipinski definition) is 0. The van der Waals surface area contributed by atoms with Gasteiger partial charge in [-0.25, -0.2) is 9.18 Å². The number of esters is 1. The Balaban J connectivity index is 3.16. The lowest BCUT2D eigenvalue weighted by molar-refractivity contribution is -0.0506. The smallest absolute Gasteiger partial charge is 0.387 e. The summed E-state index contributed by atoms with van der Waals surface area (Å²) in [6.45, 7) is -3.11. The van der Waals surface area contributed by atoms with Crippen LogP contribution >= 0.6 is 15.9 Å². The monoisotopic (exact) mass is 298 g/mol. The molecular weight excluding hydrogens is 293 g/mol. The van der Waals surface area contributed by atoms with Crippen molar-refractivity contribution < 1.29 is 27.4 Å². The fraction of sp³-hybridized carbons (Fsp3) is 0.222. The minimum Gasteiger partial charge on any atom is -0.465 e. The average Bonchev–Trinajstić information content (AvgIpc) is 2.22. The van der Waals surface area contributed by atoms with Crippen LogP contribution in [0.3, 0.4) is 0 Å². The van der Waals surface area contributed by atoms with Crippen molar-refractivity contribution in [3.63, 3.8) is 0 Å². The molecule has 0 saturated heterocycles. The van der Waals surface area contributed by atoms with Crippen molar-refractivity contribution in [3.8, 4) is 5.75 Å². The Kier molecular flexibility index (Phi) is 4.17. The predicted octanol–water partition coefficient (Wildman–Crippen LogP) is 2.98. The zero-order chi connectivity index (χ0) is 12.3. The van der Waals surface area contributed by atoms with Crippen LogP contribution in [0, 0.1) is 5.82 Å². The van der Waals surface area contributed by atoms with Gasteiger partial charge in [-0.05, 0) is 28.1 Å². The molecule has 0 fully saturated rings. The van der Waals surface area contributed by atoms with Crippen LogP contribution in [0.1, 0.15) is 10.4 Å². The van der Waals surface area contributed by atoms with Gasteiger partial charge >= 0.3 is 12.6 Å². The highest BCUT2D eigenvalue weighted by molar-refractivity contribution is 9.10. The van der Waals surface area contributed by atoms with E-state index in [1.165, 1.54) is 0 Å². The molecule has 0 bridgehead atoms. The van der Waals surface area contributed by atoms with Crippen LogP contribution in [0.2, 0.25) is 0 Å².